The van der Waals surface area contributed by atoms with Crippen molar-refractivity contribution in [1.82, 2.24) is 9.97 Å². The number of benzene rings is 1. The number of aromatic nitrogens is 2. The smallest absolute Gasteiger partial charge is 0.227 e. The molecule has 1 aromatic carbocycles. The molecule has 1 aliphatic heterocycles. The molecule has 2 heterocycles. The molecule has 0 bridgehead atoms. The molecule has 122 valence electrons. The van der Waals surface area contributed by atoms with Crippen LogP contribution in [0.25, 0.3) is 0 Å². The minimum Gasteiger partial charge on any atom is -0.370 e. The van der Waals surface area contributed by atoms with E-state index in [4.69, 9.17) is 0 Å². The average Bonchev–Trinajstić information content (AvgIpc) is 2.86. The molecule has 0 spiro atoms. The average molecular weight is 314 g/mol. The first-order chi connectivity index (χ1) is 11.3. The number of hydrogen-bond acceptors (Lipinski definition) is 4. The van der Waals surface area contributed by atoms with Crippen molar-refractivity contribution in [3.05, 3.63) is 47.9 Å². The van der Waals surface area contributed by atoms with Crippen LogP contribution in [0.4, 0.5) is 16.2 Å². The Balaban J connectivity index is 1.58. The normalized spacial score (nSPS) is 15.3. The van der Waals surface area contributed by atoms with Gasteiger partial charge in [0.2, 0.25) is 5.95 Å². The van der Waals surface area contributed by atoms with Crippen LogP contribution >= 0.6 is 0 Å². The first-order valence-electron chi connectivity index (χ1n) is 8.38. The van der Waals surface area contributed by atoms with E-state index >= 15 is 0 Å². The monoisotopic (exact) mass is 314 g/mol. The molecule has 3 rings (SSSR count). The van der Waals surface area contributed by atoms with Crippen LogP contribution in [0.15, 0.2) is 36.5 Å². The lowest BCUT2D eigenvalue weighted by Gasteiger charge is -2.20. The van der Waals surface area contributed by atoms with E-state index in [-0.39, 0.29) is 5.82 Å². The van der Waals surface area contributed by atoms with E-state index in [0.717, 1.165) is 30.4 Å². The Morgan fingerprint density at radius 3 is 2.61 bits per heavy atom. The minimum atomic E-state index is -0.151. The van der Waals surface area contributed by atoms with Gasteiger partial charge in [0.15, 0.2) is 0 Å². The van der Waals surface area contributed by atoms with Crippen LogP contribution in [-0.4, -0.2) is 29.6 Å². The molecule has 2 aromatic rings. The van der Waals surface area contributed by atoms with E-state index < -0.39 is 0 Å². The van der Waals surface area contributed by atoms with Gasteiger partial charge in [-0.3, -0.25) is 0 Å². The van der Waals surface area contributed by atoms with Gasteiger partial charge in [-0.2, -0.15) is 4.98 Å². The second-order valence-electron chi connectivity index (χ2n) is 5.91. The number of nitrogens with one attached hydrogen (secondary N) is 1. The molecular weight excluding hydrogens is 291 g/mol. The van der Waals surface area contributed by atoms with E-state index in [1.807, 2.05) is 18.2 Å². The number of anilines is 2. The predicted molar refractivity (Wildman–Crippen MR) is 91.3 cm³/mol. The lowest BCUT2D eigenvalue weighted by molar-refractivity contribution is 0.610. The molecule has 1 aromatic heterocycles. The van der Waals surface area contributed by atoms with Gasteiger partial charge < -0.3 is 10.2 Å². The zero-order valence-electron chi connectivity index (χ0n) is 13.3. The summed E-state index contributed by atoms with van der Waals surface area (Å²) in [4.78, 5) is 11.3. The molecule has 1 saturated heterocycles. The molecule has 0 amide bonds. The van der Waals surface area contributed by atoms with Crippen LogP contribution in [0, 0.1) is 5.82 Å². The van der Waals surface area contributed by atoms with Crippen molar-refractivity contribution in [2.75, 3.05) is 29.9 Å². The lowest BCUT2D eigenvalue weighted by atomic mass is 10.1. The summed E-state index contributed by atoms with van der Waals surface area (Å²) in [6.07, 6.45) is 7.41. The van der Waals surface area contributed by atoms with Crippen molar-refractivity contribution < 1.29 is 4.39 Å². The van der Waals surface area contributed by atoms with Gasteiger partial charge in [0.05, 0.1) is 0 Å². The molecule has 23 heavy (non-hydrogen) atoms. The lowest BCUT2D eigenvalue weighted by Crippen LogP contribution is -2.26. The Labute approximate surface area is 136 Å². The van der Waals surface area contributed by atoms with Crippen molar-refractivity contribution >= 4 is 11.8 Å². The summed E-state index contributed by atoms with van der Waals surface area (Å²) in [6, 6.07) is 8.75. The standard InChI is InChI=1S/C18H23FN4/c19-16-8-4-3-7-15(16)9-11-20-17-10-12-21-18(22-17)23-13-5-1-2-6-14-23/h3-4,7-8,10,12H,1-2,5-6,9,11,13-14H2,(H,20,21,22). The highest BCUT2D eigenvalue weighted by Crippen LogP contribution is 2.17. The van der Waals surface area contributed by atoms with Gasteiger partial charge in [0, 0.05) is 25.8 Å². The molecule has 0 atom stereocenters. The second-order valence-corrected chi connectivity index (χ2v) is 5.91. The third kappa shape index (κ3) is 4.41. The maximum atomic E-state index is 13.6. The largest absolute Gasteiger partial charge is 0.370 e. The summed E-state index contributed by atoms with van der Waals surface area (Å²) < 4.78 is 13.6. The van der Waals surface area contributed by atoms with Gasteiger partial charge >= 0.3 is 0 Å². The molecule has 0 radical (unpaired) electrons. The van der Waals surface area contributed by atoms with E-state index in [0.29, 0.717) is 13.0 Å². The van der Waals surface area contributed by atoms with Gasteiger partial charge in [-0.05, 0) is 37.0 Å². The molecule has 5 heteroatoms. The maximum absolute atomic E-state index is 13.6. The summed E-state index contributed by atoms with van der Waals surface area (Å²) in [5.41, 5.74) is 0.724. The topological polar surface area (TPSA) is 41.1 Å². The Hall–Kier alpha value is -2.17. The van der Waals surface area contributed by atoms with Crippen LogP contribution in [0.1, 0.15) is 31.2 Å². The molecule has 1 N–H and O–H groups in total. The quantitative estimate of drug-likeness (QED) is 0.914. The van der Waals surface area contributed by atoms with Crippen LogP contribution < -0.4 is 10.2 Å². The van der Waals surface area contributed by atoms with Crippen molar-refractivity contribution in [3.63, 3.8) is 0 Å². The van der Waals surface area contributed by atoms with Crippen LogP contribution in [0.3, 0.4) is 0 Å². The number of hydrogen-bond donors (Lipinski definition) is 1. The SMILES string of the molecule is Fc1ccccc1CCNc1ccnc(N2CCCCCC2)n1. The zero-order valence-corrected chi connectivity index (χ0v) is 13.3. The van der Waals surface area contributed by atoms with Crippen molar-refractivity contribution in [2.24, 2.45) is 0 Å². The Morgan fingerprint density at radius 1 is 1.04 bits per heavy atom. The van der Waals surface area contributed by atoms with Gasteiger partial charge in [-0.25, -0.2) is 9.37 Å². The Morgan fingerprint density at radius 2 is 1.83 bits per heavy atom. The first kappa shape index (κ1) is 15.7. The number of rotatable bonds is 5. The molecule has 1 aliphatic rings. The fourth-order valence-electron chi connectivity index (χ4n) is 2.90. The highest BCUT2D eigenvalue weighted by atomic mass is 19.1. The highest BCUT2D eigenvalue weighted by molar-refractivity contribution is 5.41. The van der Waals surface area contributed by atoms with Crippen molar-refractivity contribution in [3.8, 4) is 0 Å². The second kappa shape index (κ2) is 7.90. The van der Waals surface area contributed by atoms with Crippen molar-refractivity contribution in [2.45, 2.75) is 32.1 Å². The van der Waals surface area contributed by atoms with Crippen molar-refractivity contribution in [1.29, 1.82) is 0 Å². The minimum absolute atomic E-state index is 0.151. The van der Waals surface area contributed by atoms with E-state index in [2.05, 4.69) is 20.2 Å². The summed E-state index contributed by atoms with van der Waals surface area (Å²) in [5, 5.41) is 3.27. The van der Waals surface area contributed by atoms with E-state index in [9.17, 15) is 4.39 Å². The molecule has 0 aliphatic carbocycles. The van der Waals surface area contributed by atoms with Gasteiger partial charge in [0.1, 0.15) is 11.6 Å². The third-order valence-electron chi connectivity index (χ3n) is 4.19. The Kier molecular flexibility index (Phi) is 5.40. The molecule has 4 nitrogen and oxygen atoms in total. The summed E-state index contributed by atoms with van der Waals surface area (Å²) in [6.45, 7) is 2.70. The molecular formula is C18H23FN4. The van der Waals surface area contributed by atoms with Gasteiger partial charge in [0.25, 0.3) is 0 Å². The summed E-state index contributed by atoms with van der Waals surface area (Å²) in [5.74, 6) is 1.45. The number of halogens is 1. The maximum Gasteiger partial charge on any atom is 0.227 e. The first-order valence-corrected chi connectivity index (χ1v) is 8.38. The highest BCUT2D eigenvalue weighted by Gasteiger charge is 2.12. The third-order valence-corrected chi connectivity index (χ3v) is 4.19. The zero-order chi connectivity index (χ0) is 15.9. The predicted octanol–water partition coefficient (Wildman–Crippen LogP) is 3.65. The summed E-state index contributed by atoms with van der Waals surface area (Å²) >= 11 is 0. The molecule has 0 saturated carbocycles. The number of nitrogens with zero attached hydrogens (tertiary/aromatic N) is 3. The van der Waals surface area contributed by atoms with Crippen LogP contribution in [0.5, 0.6) is 0 Å². The fourth-order valence-corrected chi connectivity index (χ4v) is 2.90. The van der Waals surface area contributed by atoms with Gasteiger partial charge in [-0.15, -0.1) is 0 Å². The molecule has 0 unspecified atom stereocenters. The van der Waals surface area contributed by atoms with E-state index in [1.54, 1.807) is 12.3 Å². The van der Waals surface area contributed by atoms with E-state index in [1.165, 1.54) is 31.7 Å². The summed E-state index contributed by atoms with van der Waals surface area (Å²) in [7, 11) is 0. The van der Waals surface area contributed by atoms with Crippen LogP contribution in [-0.2, 0) is 6.42 Å². The molecule has 1 fully saturated rings. The van der Waals surface area contributed by atoms with Crippen LogP contribution in [0.2, 0.25) is 0 Å². The fraction of sp³-hybridized carbons (Fsp3) is 0.444. The Bertz CT molecular complexity index is 624. The van der Waals surface area contributed by atoms with Gasteiger partial charge in [-0.1, -0.05) is 31.0 Å².